The Hall–Kier alpha value is -1.07. The van der Waals surface area contributed by atoms with Crippen LogP contribution in [0.5, 0.6) is 0 Å². The summed E-state index contributed by atoms with van der Waals surface area (Å²) in [5, 5.41) is 1.09. The van der Waals surface area contributed by atoms with E-state index in [1.807, 2.05) is 27.7 Å². The van der Waals surface area contributed by atoms with Gasteiger partial charge in [0.1, 0.15) is 0 Å². The monoisotopic (exact) mass is 252 g/mol. The summed E-state index contributed by atoms with van der Waals surface area (Å²) in [5.41, 5.74) is 1.86. The summed E-state index contributed by atoms with van der Waals surface area (Å²) < 4.78 is 0. The number of carbonyl (C=O) groups is 1. The lowest BCUT2D eigenvalue weighted by atomic mass is 10.4. The zero-order valence-corrected chi connectivity index (χ0v) is 11.3. The second kappa shape index (κ2) is 4.07. The molecule has 0 saturated carbocycles. The Balaban J connectivity index is 2.38. The van der Waals surface area contributed by atoms with Crippen LogP contribution in [0.2, 0.25) is 0 Å². The lowest BCUT2D eigenvalue weighted by Crippen LogP contribution is -1.99. The normalized spacial score (nSPS) is 10.8. The fraction of sp³-hybridized carbons (Fsp3) is 0.364. The number of thiazole rings is 2. The molecular formula is C11H12N2OS2. The standard InChI is InChI=1S/C11H12N2OS2/c1-5-7(3)15-10(12-5)9(14)11-13-6(2)8(4)16-11/h1-4H3. The fourth-order valence-corrected chi connectivity index (χ4v) is 3.01. The molecule has 0 radical (unpaired) electrons. The van der Waals surface area contributed by atoms with E-state index in [-0.39, 0.29) is 5.78 Å². The Kier molecular flexibility index (Phi) is 2.90. The van der Waals surface area contributed by atoms with Crippen molar-refractivity contribution in [1.29, 1.82) is 0 Å². The molecule has 0 N–H and O–H groups in total. The third-order valence-electron chi connectivity index (χ3n) is 2.45. The molecule has 0 spiro atoms. The van der Waals surface area contributed by atoms with Gasteiger partial charge in [-0.25, -0.2) is 9.97 Å². The number of carbonyl (C=O) groups excluding carboxylic acids is 1. The van der Waals surface area contributed by atoms with Gasteiger partial charge in [0.05, 0.1) is 11.4 Å². The molecule has 84 valence electrons. The maximum atomic E-state index is 12.1. The highest BCUT2D eigenvalue weighted by atomic mass is 32.1. The van der Waals surface area contributed by atoms with Gasteiger partial charge in [0.25, 0.3) is 0 Å². The predicted octanol–water partition coefficient (Wildman–Crippen LogP) is 3.06. The van der Waals surface area contributed by atoms with Crippen LogP contribution in [-0.2, 0) is 0 Å². The van der Waals surface area contributed by atoms with Gasteiger partial charge in [-0.15, -0.1) is 22.7 Å². The summed E-state index contributed by atoms with van der Waals surface area (Å²) in [6.07, 6.45) is 0. The Morgan fingerprint density at radius 1 is 0.875 bits per heavy atom. The minimum absolute atomic E-state index is 0.0533. The van der Waals surface area contributed by atoms with Crippen LogP contribution >= 0.6 is 22.7 Å². The van der Waals surface area contributed by atoms with Crippen LogP contribution in [0.1, 0.15) is 36.0 Å². The first-order valence-electron chi connectivity index (χ1n) is 4.92. The fourth-order valence-electron chi connectivity index (χ4n) is 1.23. The zero-order valence-electron chi connectivity index (χ0n) is 9.62. The number of rotatable bonds is 2. The van der Waals surface area contributed by atoms with Crippen LogP contribution in [0.4, 0.5) is 0 Å². The molecule has 16 heavy (non-hydrogen) atoms. The van der Waals surface area contributed by atoms with Crippen molar-refractivity contribution in [3.63, 3.8) is 0 Å². The van der Waals surface area contributed by atoms with Crippen molar-refractivity contribution in [1.82, 2.24) is 9.97 Å². The van der Waals surface area contributed by atoms with Gasteiger partial charge < -0.3 is 0 Å². The van der Waals surface area contributed by atoms with E-state index in [0.29, 0.717) is 10.0 Å². The van der Waals surface area contributed by atoms with E-state index in [1.165, 1.54) is 22.7 Å². The molecule has 0 unspecified atom stereocenters. The Bertz CT molecular complexity index is 467. The van der Waals surface area contributed by atoms with Crippen molar-refractivity contribution in [2.45, 2.75) is 27.7 Å². The molecule has 0 aliphatic carbocycles. The van der Waals surface area contributed by atoms with Crippen molar-refractivity contribution in [3.8, 4) is 0 Å². The van der Waals surface area contributed by atoms with Gasteiger partial charge >= 0.3 is 0 Å². The molecule has 5 heteroatoms. The second-order valence-corrected chi connectivity index (χ2v) is 6.06. The minimum Gasteiger partial charge on any atom is -0.283 e. The summed E-state index contributed by atoms with van der Waals surface area (Å²) in [7, 11) is 0. The van der Waals surface area contributed by atoms with Crippen LogP contribution in [0.25, 0.3) is 0 Å². The molecule has 0 fully saturated rings. The van der Waals surface area contributed by atoms with E-state index in [4.69, 9.17) is 0 Å². The van der Waals surface area contributed by atoms with E-state index in [2.05, 4.69) is 9.97 Å². The average molecular weight is 252 g/mol. The molecule has 0 saturated heterocycles. The molecule has 3 nitrogen and oxygen atoms in total. The summed E-state index contributed by atoms with van der Waals surface area (Å²) in [5.74, 6) is -0.0533. The molecule has 0 aromatic carbocycles. The third kappa shape index (κ3) is 1.92. The van der Waals surface area contributed by atoms with Crippen molar-refractivity contribution in [3.05, 3.63) is 31.2 Å². The first kappa shape index (κ1) is 11.4. The van der Waals surface area contributed by atoms with Gasteiger partial charge in [-0.2, -0.15) is 0 Å². The second-order valence-electron chi connectivity index (χ2n) is 3.65. The summed E-state index contributed by atoms with van der Waals surface area (Å²) in [6, 6.07) is 0. The number of aryl methyl sites for hydroxylation is 4. The topological polar surface area (TPSA) is 42.9 Å². The van der Waals surface area contributed by atoms with Crippen LogP contribution < -0.4 is 0 Å². The lowest BCUT2D eigenvalue weighted by molar-refractivity contribution is 0.103. The minimum atomic E-state index is -0.0533. The molecule has 0 aliphatic heterocycles. The first-order chi connectivity index (χ1) is 7.49. The Morgan fingerprint density at radius 3 is 1.50 bits per heavy atom. The molecule has 2 aromatic heterocycles. The molecule has 0 bridgehead atoms. The van der Waals surface area contributed by atoms with Crippen LogP contribution in [0.3, 0.4) is 0 Å². The maximum Gasteiger partial charge on any atom is 0.250 e. The summed E-state index contributed by atoms with van der Waals surface area (Å²) in [6.45, 7) is 7.78. The van der Waals surface area contributed by atoms with Gasteiger partial charge in [-0.3, -0.25) is 4.79 Å². The van der Waals surface area contributed by atoms with Crippen molar-refractivity contribution >= 4 is 28.5 Å². The smallest absolute Gasteiger partial charge is 0.250 e. The average Bonchev–Trinajstić information content (AvgIpc) is 2.72. The predicted molar refractivity (Wildman–Crippen MR) is 66.6 cm³/mol. The van der Waals surface area contributed by atoms with Crippen molar-refractivity contribution < 1.29 is 4.79 Å². The van der Waals surface area contributed by atoms with E-state index in [1.54, 1.807) is 0 Å². The number of hydrogen-bond donors (Lipinski definition) is 0. The van der Waals surface area contributed by atoms with Crippen LogP contribution in [-0.4, -0.2) is 15.8 Å². The molecule has 2 heterocycles. The van der Waals surface area contributed by atoms with Crippen LogP contribution in [0, 0.1) is 27.7 Å². The Labute approximate surface area is 102 Å². The first-order valence-corrected chi connectivity index (χ1v) is 6.55. The van der Waals surface area contributed by atoms with Gasteiger partial charge in [-0.1, -0.05) is 0 Å². The molecular weight excluding hydrogens is 240 g/mol. The van der Waals surface area contributed by atoms with E-state index in [0.717, 1.165) is 21.1 Å². The van der Waals surface area contributed by atoms with E-state index < -0.39 is 0 Å². The number of nitrogens with zero attached hydrogens (tertiary/aromatic N) is 2. The molecule has 0 amide bonds. The highest BCUT2D eigenvalue weighted by Crippen LogP contribution is 2.23. The van der Waals surface area contributed by atoms with Crippen molar-refractivity contribution in [2.75, 3.05) is 0 Å². The number of hydrogen-bond acceptors (Lipinski definition) is 5. The molecule has 2 aromatic rings. The van der Waals surface area contributed by atoms with E-state index >= 15 is 0 Å². The number of ketones is 1. The van der Waals surface area contributed by atoms with Gasteiger partial charge in [0.15, 0.2) is 10.0 Å². The van der Waals surface area contributed by atoms with Gasteiger partial charge in [-0.05, 0) is 27.7 Å². The molecule has 0 aliphatic rings. The van der Waals surface area contributed by atoms with Crippen molar-refractivity contribution in [2.24, 2.45) is 0 Å². The molecule has 2 rings (SSSR count). The highest BCUT2D eigenvalue weighted by Gasteiger charge is 2.18. The SMILES string of the molecule is Cc1nc(C(=O)c2nc(C)c(C)s2)sc1C. The highest BCUT2D eigenvalue weighted by molar-refractivity contribution is 7.17. The largest absolute Gasteiger partial charge is 0.283 e. The number of aromatic nitrogens is 2. The van der Waals surface area contributed by atoms with Gasteiger partial charge in [0, 0.05) is 9.75 Å². The zero-order chi connectivity index (χ0) is 11.9. The van der Waals surface area contributed by atoms with E-state index in [9.17, 15) is 4.79 Å². The maximum absolute atomic E-state index is 12.1. The Morgan fingerprint density at radius 2 is 1.25 bits per heavy atom. The van der Waals surface area contributed by atoms with Gasteiger partial charge in [0.2, 0.25) is 5.78 Å². The summed E-state index contributed by atoms with van der Waals surface area (Å²) >= 11 is 2.88. The lowest BCUT2D eigenvalue weighted by Gasteiger charge is -1.88. The quantitative estimate of drug-likeness (QED) is 0.771. The van der Waals surface area contributed by atoms with Crippen LogP contribution in [0.15, 0.2) is 0 Å². The third-order valence-corrected chi connectivity index (χ3v) is 4.59. The summed E-state index contributed by atoms with van der Waals surface area (Å²) in [4.78, 5) is 22.8. The molecule has 0 atom stereocenters.